The van der Waals surface area contributed by atoms with Gasteiger partial charge in [-0.25, -0.2) is 4.79 Å². The topological polar surface area (TPSA) is 57.6 Å². The Hall–Kier alpha value is -1.84. The third-order valence-corrected chi connectivity index (χ3v) is 5.77. The fourth-order valence-corrected chi connectivity index (χ4v) is 3.81. The van der Waals surface area contributed by atoms with Crippen LogP contribution in [0.15, 0.2) is 24.3 Å². The SMILES string of the molecule is CC1(C)C(C(=O)N2c3ccccc3C[C@H]2C(=O)O)C1(C)C. The highest BCUT2D eigenvalue weighted by Crippen LogP contribution is 2.69. The number of fused-ring (bicyclic) bond motifs is 1. The summed E-state index contributed by atoms with van der Waals surface area (Å²) < 4.78 is 0. The van der Waals surface area contributed by atoms with E-state index in [-0.39, 0.29) is 22.7 Å². The number of carbonyl (C=O) groups excluding carboxylic acids is 1. The quantitative estimate of drug-likeness (QED) is 0.910. The van der Waals surface area contributed by atoms with Gasteiger partial charge in [0.25, 0.3) is 0 Å². The van der Waals surface area contributed by atoms with Crippen molar-refractivity contribution in [3.05, 3.63) is 29.8 Å². The highest BCUT2D eigenvalue weighted by atomic mass is 16.4. The summed E-state index contributed by atoms with van der Waals surface area (Å²) in [5.74, 6) is -1.11. The zero-order valence-corrected chi connectivity index (χ0v) is 12.9. The van der Waals surface area contributed by atoms with Crippen molar-refractivity contribution in [3.8, 4) is 0 Å². The highest BCUT2D eigenvalue weighted by Gasteiger charge is 2.69. The molecule has 1 amide bonds. The molecule has 1 fully saturated rings. The Balaban J connectivity index is 2.00. The van der Waals surface area contributed by atoms with E-state index < -0.39 is 12.0 Å². The lowest BCUT2D eigenvalue weighted by Gasteiger charge is -2.23. The molecule has 0 spiro atoms. The summed E-state index contributed by atoms with van der Waals surface area (Å²) in [7, 11) is 0. The van der Waals surface area contributed by atoms with E-state index >= 15 is 0 Å². The normalized spacial score (nSPS) is 25.5. The van der Waals surface area contributed by atoms with Gasteiger partial charge in [0.05, 0.1) is 0 Å². The summed E-state index contributed by atoms with van der Waals surface area (Å²) in [5.41, 5.74) is 1.51. The fraction of sp³-hybridized carbons (Fsp3) is 0.529. The van der Waals surface area contributed by atoms with Gasteiger partial charge in [-0.15, -0.1) is 0 Å². The van der Waals surface area contributed by atoms with Gasteiger partial charge in [-0.3, -0.25) is 9.69 Å². The fourth-order valence-electron chi connectivity index (χ4n) is 3.81. The van der Waals surface area contributed by atoms with Crippen molar-refractivity contribution in [1.29, 1.82) is 0 Å². The van der Waals surface area contributed by atoms with Gasteiger partial charge < -0.3 is 5.11 Å². The molecule has 3 rings (SSSR count). The molecule has 1 saturated carbocycles. The zero-order chi connectivity index (χ0) is 15.6. The summed E-state index contributed by atoms with van der Waals surface area (Å²) >= 11 is 0. The van der Waals surface area contributed by atoms with E-state index in [1.54, 1.807) is 0 Å². The molecule has 1 aliphatic carbocycles. The van der Waals surface area contributed by atoms with Crippen molar-refractivity contribution in [2.24, 2.45) is 16.7 Å². The van der Waals surface area contributed by atoms with Gasteiger partial charge in [-0.2, -0.15) is 0 Å². The summed E-state index contributed by atoms with van der Waals surface area (Å²) in [6.07, 6.45) is 0.394. The molecule has 1 aromatic carbocycles. The molecule has 112 valence electrons. The Morgan fingerprint density at radius 2 is 1.71 bits per heavy atom. The van der Waals surface area contributed by atoms with Crippen LogP contribution >= 0.6 is 0 Å². The summed E-state index contributed by atoms with van der Waals surface area (Å²) in [6, 6.07) is 6.71. The maximum atomic E-state index is 13.0. The van der Waals surface area contributed by atoms with Crippen LogP contribution in [-0.4, -0.2) is 23.0 Å². The second kappa shape index (κ2) is 4.09. The Bertz CT molecular complexity index is 619. The lowest BCUT2D eigenvalue weighted by molar-refractivity contribution is -0.140. The van der Waals surface area contributed by atoms with Crippen LogP contribution in [0, 0.1) is 16.7 Å². The predicted octanol–water partition coefficient (Wildman–Crippen LogP) is 2.71. The van der Waals surface area contributed by atoms with E-state index in [0.717, 1.165) is 11.3 Å². The lowest BCUT2D eigenvalue weighted by Crippen LogP contribution is -2.44. The molecule has 2 aliphatic rings. The van der Waals surface area contributed by atoms with Crippen LogP contribution in [0.25, 0.3) is 0 Å². The van der Waals surface area contributed by atoms with Crippen LogP contribution in [0.3, 0.4) is 0 Å². The standard InChI is InChI=1S/C17H21NO3/c1-16(2)13(17(16,3)4)14(19)18-11-8-6-5-7-10(11)9-12(18)15(20)21/h5-8,12-13H,9H2,1-4H3,(H,20,21)/t12-/m0/s1. The van der Waals surface area contributed by atoms with E-state index in [2.05, 4.69) is 27.7 Å². The largest absolute Gasteiger partial charge is 0.480 e. The molecule has 1 aromatic rings. The first-order chi connectivity index (χ1) is 9.69. The summed E-state index contributed by atoms with van der Waals surface area (Å²) in [4.78, 5) is 26.0. The molecule has 21 heavy (non-hydrogen) atoms. The van der Waals surface area contributed by atoms with E-state index in [0.29, 0.717) is 6.42 Å². The number of carboxylic acids is 1. The van der Waals surface area contributed by atoms with Crippen LogP contribution in [0.2, 0.25) is 0 Å². The third-order valence-electron chi connectivity index (χ3n) is 5.77. The van der Waals surface area contributed by atoms with Gasteiger partial charge >= 0.3 is 5.97 Å². The molecule has 1 aliphatic heterocycles. The van der Waals surface area contributed by atoms with Crippen molar-refractivity contribution < 1.29 is 14.7 Å². The first kappa shape index (κ1) is 14.1. The minimum absolute atomic E-state index is 0.0534. The molecule has 1 atom stereocenters. The summed E-state index contributed by atoms with van der Waals surface area (Å²) in [6.45, 7) is 8.31. The van der Waals surface area contributed by atoms with E-state index in [1.807, 2.05) is 24.3 Å². The predicted molar refractivity (Wildman–Crippen MR) is 80.1 cm³/mol. The molecular formula is C17H21NO3. The van der Waals surface area contributed by atoms with Crippen molar-refractivity contribution in [1.82, 2.24) is 0 Å². The zero-order valence-electron chi connectivity index (χ0n) is 12.9. The Labute approximate surface area is 124 Å². The smallest absolute Gasteiger partial charge is 0.327 e. The number of carboxylic acid groups (broad SMARTS) is 1. The number of anilines is 1. The number of nitrogens with zero attached hydrogens (tertiary/aromatic N) is 1. The number of hydrogen-bond acceptors (Lipinski definition) is 2. The van der Waals surface area contributed by atoms with Crippen molar-refractivity contribution in [2.45, 2.75) is 40.2 Å². The molecule has 0 bridgehead atoms. The van der Waals surface area contributed by atoms with Crippen LogP contribution < -0.4 is 4.90 Å². The van der Waals surface area contributed by atoms with E-state index in [9.17, 15) is 14.7 Å². The van der Waals surface area contributed by atoms with Crippen molar-refractivity contribution >= 4 is 17.6 Å². The second-order valence-corrected chi connectivity index (χ2v) is 7.27. The van der Waals surface area contributed by atoms with E-state index in [4.69, 9.17) is 0 Å². The molecule has 1 heterocycles. The van der Waals surface area contributed by atoms with Crippen LogP contribution in [-0.2, 0) is 16.0 Å². The number of amides is 1. The Morgan fingerprint density at radius 3 is 2.24 bits per heavy atom. The molecule has 4 heteroatoms. The molecule has 0 aromatic heterocycles. The number of rotatable bonds is 2. The van der Waals surface area contributed by atoms with Crippen LogP contribution in [0.1, 0.15) is 33.3 Å². The van der Waals surface area contributed by atoms with Gasteiger partial charge in [0.15, 0.2) is 0 Å². The van der Waals surface area contributed by atoms with Gasteiger partial charge in [0, 0.05) is 18.0 Å². The summed E-state index contributed by atoms with van der Waals surface area (Å²) in [5, 5.41) is 9.47. The average molecular weight is 287 g/mol. The minimum atomic E-state index is -0.934. The van der Waals surface area contributed by atoms with Gasteiger partial charge in [0.1, 0.15) is 6.04 Å². The molecule has 1 N–H and O–H groups in total. The molecule has 0 radical (unpaired) electrons. The number of hydrogen-bond donors (Lipinski definition) is 1. The number of aliphatic carboxylic acids is 1. The number of carbonyl (C=O) groups is 2. The lowest BCUT2D eigenvalue weighted by atomic mass is 10.0. The Kier molecular flexibility index (Phi) is 2.75. The molecule has 0 saturated heterocycles. The number of benzene rings is 1. The van der Waals surface area contributed by atoms with Gasteiger partial charge in [-0.05, 0) is 22.5 Å². The van der Waals surface area contributed by atoms with Gasteiger partial charge in [0.2, 0.25) is 5.91 Å². The van der Waals surface area contributed by atoms with E-state index in [1.165, 1.54) is 4.90 Å². The Morgan fingerprint density at radius 1 is 1.14 bits per heavy atom. The van der Waals surface area contributed by atoms with Crippen LogP contribution in [0.4, 0.5) is 5.69 Å². The van der Waals surface area contributed by atoms with Crippen LogP contribution in [0.5, 0.6) is 0 Å². The minimum Gasteiger partial charge on any atom is -0.480 e. The third kappa shape index (κ3) is 1.74. The monoisotopic (exact) mass is 287 g/mol. The van der Waals surface area contributed by atoms with Crippen molar-refractivity contribution in [2.75, 3.05) is 4.90 Å². The highest BCUT2D eigenvalue weighted by molar-refractivity contribution is 6.05. The second-order valence-electron chi connectivity index (χ2n) is 7.27. The molecule has 0 unspecified atom stereocenters. The first-order valence-corrected chi connectivity index (χ1v) is 7.33. The number of para-hydroxylation sites is 1. The average Bonchev–Trinajstić information content (AvgIpc) is 2.73. The first-order valence-electron chi connectivity index (χ1n) is 7.33. The maximum absolute atomic E-state index is 13.0. The molecular weight excluding hydrogens is 266 g/mol. The molecule has 4 nitrogen and oxygen atoms in total. The maximum Gasteiger partial charge on any atom is 0.327 e. The van der Waals surface area contributed by atoms with Gasteiger partial charge in [-0.1, -0.05) is 45.9 Å². The van der Waals surface area contributed by atoms with Crippen molar-refractivity contribution in [3.63, 3.8) is 0 Å².